The Bertz CT molecular complexity index is 965. The molecule has 1 N–H and O–H groups in total. The summed E-state index contributed by atoms with van der Waals surface area (Å²) in [6.07, 6.45) is -6.35. The molecule has 0 radical (unpaired) electrons. The van der Waals surface area contributed by atoms with E-state index in [1.165, 1.54) is 36.4 Å². The summed E-state index contributed by atoms with van der Waals surface area (Å²) in [7, 11) is -4.04. The third kappa shape index (κ3) is 6.52. The number of carbonyl (C=O) groups excluding carboxylic acids is 1. The van der Waals surface area contributed by atoms with Gasteiger partial charge in [0.15, 0.2) is 0 Å². The lowest BCUT2D eigenvalue weighted by Gasteiger charge is -2.12. The van der Waals surface area contributed by atoms with Gasteiger partial charge in [0.25, 0.3) is 5.92 Å². The minimum absolute atomic E-state index is 0.0748. The van der Waals surface area contributed by atoms with Crippen molar-refractivity contribution in [3.63, 3.8) is 0 Å². The molecule has 0 fully saturated rings. The summed E-state index contributed by atoms with van der Waals surface area (Å²) in [6.45, 7) is 0.588. The van der Waals surface area contributed by atoms with Gasteiger partial charge in [-0.3, -0.25) is 4.79 Å². The minimum Gasteiger partial charge on any atom is -0.352 e. The highest BCUT2D eigenvalue weighted by molar-refractivity contribution is 7.91. The van der Waals surface area contributed by atoms with Crippen LogP contribution in [0, 0.1) is 0 Å². The summed E-state index contributed by atoms with van der Waals surface area (Å²) in [4.78, 5) is 11.0. The maximum Gasteiger partial charge on any atom is 0.389 e. The van der Waals surface area contributed by atoms with Gasteiger partial charge in [-0.1, -0.05) is 24.3 Å². The van der Waals surface area contributed by atoms with Gasteiger partial charge in [-0.25, -0.2) is 17.2 Å². The van der Waals surface area contributed by atoms with E-state index in [1.54, 1.807) is 0 Å². The fourth-order valence-electron chi connectivity index (χ4n) is 2.40. The normalized spacial score (nSPS) is 12.6. The van der Waals surface area contributed by atoms with E-state index in [-0.39, 0.29) is 16.3 Å². The fraction of sp³-hybridized carbons (Fsp3) is 0.316. The van der Waals surface area contributed by atoms with Gasteiger partial charge in [0.1, 0.15) is 0 Å². The molecule has 4 nitrogen and oxygen atoms in total. The Kier molecular flexibility index (Phi) is 6.67. The van der Waals surface area contributed by atoms with Crippen molar-refractivity contribution in [3.05, 3.63) is 59.7 Å². The van der Waals surface area contributed by atoms with Gasteiger partial charge in [0.2, 0.25) is 15.7 Å². The third-order valence-electron chi connectivity index (χ3n) is 4.01. The predicted octanol–water partition coefficient (Wildman–Crippen LogP) is 4.59. The first-order valence-electron chi connectivity index (χ1n) is 8.45. The molecule has 0 bridgehead atoms. The average Bonchev–Trinajstić information content (AvgIpc) is 2.64. The van der Waals surface area contributed by atoms with E-state index in [0.717, 1.165) is 12.1 Å². The first kappa shape index (κ1) is 22.8. The summed E-state index contributed by atoms with van der Waals surface area (Å²) >= 11 is 0. The maximum absolute atomic E-state index is 13.5. The van der Waals surface area contributed by atoms with E-state index in [2.05, 4.69) is 5.32 Å². The van der Waals surface area contributed by atoms with E-state index in [0.29, 0.717) is 12.5 Å². The van der Waals surface area contributed by atoms with Crippen molar-refractivity contribution < 1.29 is 35.2 Å². The highest BCUT2D eigenvalue weighted by Crippen LogP contribution is 2.30. The number of sulfone groups is 1. The predicted molar refractivity (Wildman–Crippen MR) is 95.0 cm³/mol. The van der Waals surface area contributed by atoms with Crippen LogP contribution in [-0.2, 0) is 27.1 Å². The largest absolute Gasteiger partial charge is 0.389 e. The number of amides is 1. The van der Waals surface area contributed by atoms with Gasteiger partial charge < -0.3 is 5.32 Å². The molecule has 0 unspecified atom stereocenters. The molecule has 1 amide bonds. The zero-order valence-corrected chi connectivity index (χ0v) is 16.1. The summed E-state index contributed by atoms with van der Waals surface area (Å²) in [5.74, 6) is -3.98. The van der Waals surface area contributed by atoms with Gasteiger partial charge in [0, 0.05) is 25.5 Å². The highest BCUT2D eigenvalue weighted by Gasteiger charge is 2.28. The quantitative estimate of drug-likeness (QED) is 0.647. The molecular weight excluding hydrogens is 417 g/mol. The second-order valence-corrected chi connectivity index (χ2v) is 8.41. The van der Waals surface area contributed by atoms with Crippen molar-refractivity contribution in [2.75, 3.05) is 0 Å². The minimum atomic E-state index is -4.42. The lowest BCUT2D eigenvalue weighted by Crippen LogP contribution is -2.24. The van der Waals surface area contributed by atoms with Crippen LogP contribution in [0.25, 0.3) is 0 Å². The van der Waals surface area contributed by atoms with Crippen molar-refractivity contribution in [3.8, 4) is 0 Å². The van der Waals surface area contributed by atoms with Crippen LogP contribution >= 0.6 is 0 Å². The Morgan fingerprint density at radius 3 is 2.14 bits per heavy atom. The van der Waals surface area contributed by atoms with E-state index in [1.807, 2.05) is 0 Å². The number of hydrogen-bond donors (Lipinski definition) is 1. The lowest BCUT2D eigenvalue weighted by molar-refractivity contribution is -0.144. The standard InChI is InChI=1S/C19H18F5NO3S/c1-18(20,21)14-3-2-4-16(11-14)29(27,28)15-7-5-13(6-8-15)12-25-17(26)9-10-19(22,23)24/h2-8,11H,9-10,12H2,1H3,(H,25,26). The number of rotatable bonds is 7. The molecule has 10 heteroatoms. The number of benzene rings is 2. The summed E-state index contributed by atoms with van der Waals surface area (Å²) in [5.41, 5.74) is 0.0370. The van der Waals surface area contributed by atoms with Crippen molar-refractivity contribution >= 4 is 15.7 Å². The summed E-state index contributed by atoms with van der Waals surface area (Å²) in [5, 5.41) is 2.31. The SMILES string of the molecule is CC(F)(F)c1cccc(S(=O)(=O)c2ccc(CNC(=O)CCC(F)(F)F)cc2)c1. The topological polar surface area (TPSA) is 63.2 Å². The van der Waals surface area contributed by atoms with Crippen molar-refractivity contribution in [1.29, 1.82) is 0 Å². The van der Waals surface area contributed by atoms with Gasteiger partial charge in [-0.15, -0.1) is 0 Å². The monoisotopic (exact) mass is 435 g/mol. The summed E-state index contributed by atoms with van der Waals surface area (Å²) < 4.78 is 88.5. The zero-order chi connectivity index (χ0) is 21.9. The molecule has 0 saturated heterocycles. The van der Waals surface area contributed by atoms with Gasteiger partial charge in [-0.05, 0) is 29.8 Å². The lowest BCUT2D eigenvalue weighted by atomic mass is 10.1. The average molecular weight is 435 g/mol. The second-order valence-electron chi connectivity index (χ2n) is 6.46. The molecule has 2 rings (SSSR count). The molecule has 29 heavy (non-hydrogen) atoms. The van der Waals surface area contributed by atoms with E-state index in [9.17, 15) is 35.2 Å². The first-order chi connectivity index (χ1) is 13.3. The van der Waals surface area contributed by atoms with Crippen molar-refractivity contribution in [2.24, 2.45) is 0 Å². The zero-order valence-electron chi connectivity index (χ0n) is 15.3. The molecule has 0 aliphatic rings. The first-order valence-corrected chi connectivity index (χ1v) is 9.93. The van der Waals surface area contributed by atoms with Crippen LogP contribution in [-0.4, -0.2) is 20.5 Å². The highest BCUT2D eigenvalue weighted by atomic mass is 32.2. The van der Waals surface area contributed by atoms with Crippen LogP contribution in [0.4, 0.5) is 22.0 Å². The Labute approximate surface area is 164 Å². The Morgan fingerprint density at radius 2 is 1.59 bits per heavy atom. The van der Waals surface area contributed by atoms with Crippen LogP contribution in [0.15, 0.2) is 58.3 Å². The molecule has 0 saturated carbocycles. The van der Waals surface area contributed by atoms with Gasteiger partial charge in [0.05, 0.1) is 16.2 Å². The van der Waals surface area contributed by atoms with Crippen molar-refractivity contribution in [1.82, 2.24) is 5.32 Å². The molecule has 2 aromatic rings. The van der Waals surface area contributed by atoms with E-state index >= 15 is 0 Å². The molecule has 0 heterocycles. The molecule has 0 spiro atoms. The fourth-order valence-corrected chi connectivity index (χ4v) is 3.71. The molecule has 2 aromatic carbocycles. The molecule has 0 atom stereocenters. The number of halogens is 5. The maximum atomic E-state index is 13.5. The Balaban J connectivity index is 2.09. The van der Waals surface area contributed by atoms with E-state index in [4.69, 9.17) is 0 Å². The van der Waals surface area contributed by atoms with Gasteiger partial charge in [-0.2, -0.15) is 13.2 Å². The summed E-state index contributed by atoms with van der Waals surface area (Å²) in [6, 6.07) is 9.72. The smallest absolute Gasteiger partial charge is 0.352 e. The van der Waals surface area contributed by atoms with Crippen LogP contribution in [0.1, 0.15) is 30.9 Å². The van der Waals surface area contributed by atoms with Crippen LogP contribution in [0.3, 0.4) is 0 Å². The number of hydrogen-bond acceptors (Lipinski definition) is 3. The number of nitrogens with one attached hydrogen (secondary N) is 1. The van der Waals surface area contributed by atoms with Crippen LogP contribution in [0.5, 0.6) is 0 Å². The van der Waals surface area contributed by atoms with Crippen LogP contribution in [0.2, 0.25) is 0 Å². The third-order valence-corrected chi connectivity index (χ3v) is 5.78. The Morgan fingerprint density at radius 1 is 0.966 bits per heavy atom. The number of alkyl halides is 5. The Hall–Kier alpha value is -2.49. The second kappa shape index (κ2) is 8.48. The van der Waals surface area contributed by atoms with E-state index < -0.39 is 46.2 Å². The molecular formula is C19H18F5NO3S. The molecule has 0 aliphatic heterocycles. The van der Waals surface area contributed by atoms with Crippen LogP contribution < -0.4 is 5.32 Å². The van der Waals surface area contributed by atoms with Gasteiger partial charge >= 0.3 is 6.18 Å². The molecule has 0 aliphatic carbocycles. The molecule has 158 valence electrons. The molecule has 0 aromatic heterocycles. The van der Waals surface area contributed by atoms with Crippen molar-refractivity contribution in [2.45, 2.75) is 48.2 Å². The number of carbonyl (C=O) groups is 1.